The number of nitrogens with one attached hydrogen (secondary N) is 2. The predicted molar refractivity (Wildman–Crippen MR) is 191 cm³/mol. The Morgan fingerprint density at radius 3 is 1.66 bits per heavy atom. The molecule has 4 aliphatic rings. The van der Waals surface area contributed by atoms with Gasteiger partial charge in [0.1, 0.15) is 110 Å². The second-order valence-electron chi connectivity index (χ2n) is 15.2. The lowest BCUT2D eigenvalue weighted by Gasteiger charge is -2.49. The molecule has 4 rings (SSSR count). The van der Waals surface area contributed by atoms with Crippen LogP contribution in [0.15, 0.2) is 0 Å². The summed E-state index contributed by atoms with van der Waals surface area (Å²) in [5.41, 5.74) is 0. The number of carbonyl (C=O) groups excluding carboxylic acids is 2. The van der Waals surface area contributed by atoms with Gasteiger partial charge in [-0.3, -0.25) is 9.59 Å². The van der Waals surface area contributed by atoms with Crippen molar-refractivity contribution in [1.82, 2.24) is 10.6 Å². The van der Waals surface area contributed by atoms with Crippen molar-refractivity contribution in [3.05, 3.63) is 0 Å². The highest BCUT2D eigenvalue weighted by atomic mass is 16.8. The van der Waals surface area contributed by atoms with Crippen molar-refractivity contribution < 1.29 is 124 Å². The quantitative estimate of drug-likeness (QED) is 0.0607. The van der Waals surface area contributed by atoms with E-state index in [0.717, 1.165) is 13.8 Å². The van der Waals surface area contributed by atoms with Gasteiger partial charge < -0.3 is 125 Å². The number of aliphatic hydroxyl groups excluding tert-OH is 15. The minimum Gasteiger partial charge on any atom is -0.394 e. The number of hydrogen-bond donors (Lipinski definition) is 17. The monoisotopic (exact) mass is 896 g/mol. The Morgan fingerprint density at radius 1 is 0.574 bits per heavy atom. The largest absolute Gasteiger partial charge is 0.394 e. The summed E-state index contributed by atoms with van der Waals surface area (Å²) >= 11 is 0. The molecule has 0 aromatic heterocycles. The second-order valence-corrected chi connectivity index (χ2v) is 15.2. The van der Waals surface area contributed by atoms with E-state index in [1.54, 1.807) is 0 Å². The summed E-state index contributed by atoms with van der Waals surface area (Å²) in [6.07, 6.45) is -39.9. The Morgan fingerprint density at radius 2 is 1.10 bits per heavy atom. The van der Waals surface area contributed by atoms with Crippen molar-refractivity contribution in [2.75, 3.05) is 33.0 Å². The number of amides is 2. The maximum absolute atomic E-state index is 12.5. The van der Waals surface area contributed by atoms with E-state index < -0.39 is 192 Å². The standard InChI is InChI=1S/C34H60N2O25/c1-9-18(44)22(48)26(52)33(55-9)59-28(12(4-37)35-10(2)41)29(13(43)5-38)60-31-17(36-11(3)42)21(47)30(15(7-40)57-31)61-34-27(53)24(50)20(46)16(58-34)8-54-32-25(51)23(49)19(45)14(6-39)56-32/h9,12-34,37-40,43-53H,4-8H2,1-3H3,(H,35,41)(H,36,42)/t9-,12-,13+,14+,15+,16+,17+,18+,19+,20+,21+,22+,23-,24-,25-,26-,27-,28+,29+,30+,31-,32-,33-,34-/m0/s1. The molecular formula is C34H60N2O25. The van der Waals surface area contributed by atoms with E-state index in [1.807, 2.05) is 0 Å². The fourth-order valence-electron chi connectivity index (χ4n) is 7.28. The third-order valence-electron chi connectivity index (χ3n) is 10.7. The molecule has 0 radical (unpaired) electrons. The van der Waals surface area contributed by atoms with Crippen molar-refractivity contribution in [2.24, 2.45) is 0 Å². The molecule has 17 N–H and O–H groups in total. The Bertz CT molecular complexity index is 1370. The van der Waals surface area contributed by atoms with E-state index in [1.165, 1.54) is 6.92 Å². The molecule has 0 unspecified atom stereocenters. The molecular weight excluding hydrogens is 836 g/mol. The molecule has 0 aromatic carbocycles. The summed E-state index contributed by atoms with van der Waals surface area (Å²) in [5, 5.41) is 162. The fraction of sp³-hybridized carbons (Fsp3) is 0.941. The van der Waals surface area contributed by atoms with E-state index in [4.69, 9.17) is 37.9 Å². The first-order valence-electron chi connectivity index (χ1n) is 19.4. The highest BCUT2D eigenvalue weighted by molar-refractivity contribution is 5.73. The van der Waals surface area contributed by atoms with Gasteiger partial charge in [-0.2, -0.15) is 0 Å². The fourth-order valence-corrected chi connectivity index (χ4v) is 7.28. The number of ether oxygens (including phenoxy) is 8. The van der Waals surface area contributed by atoms with Crippen LogP contribution >= 0.6 is 0 Å². The SMILES string of the molecule is CC(=O)N[C@H]1[C@H](O[C@@H]([C@H](O[C@@H]2O[C@@H](C)[C@@H](O)[C@@H](O)[C@@H]2O)[C@H](CO)NC(C)=O)[C@H](O)CO)O[C@H](CO)[C@@H](O[C@@H]2O[C@H](CO[C@H]3O[C@H](CO)[C@@H](O)[C@H](O)[C@@H]3O)[C@@H](O)[C@H](O)[C@@H]2O)[C@@H]1O. The minimum atomic E-state index is -2.08. The molecule has 4 saturated heterocycles. The van der Waals surface area contributed by atoms with Crippen molar-refractivity contribution in [2.45, 2.75) is 168 Å². The zero-order valence-corrected chi connectivity index (χ0v) is 33.2. The molecule has 2 amide bonds. The van der Waals surface area contributed by atoms with Gasteiger partial charge in [-0.05, 0) is 6.92 Å². The topological polar surface area (TPSA) is 435 Å². The third kappa shape index (κ3) is 12.0. The zero-order valence-electron chi connectivity index (χ0n) is 33.2. The van der Waals surface area contributed by atoms with Gasteiger partial charge in [0.2, 0.25) is 11.8 Å². The van der Waals surface area contributed by atoms with Crippen molar-refractivity contribution in [3.63, 3.8) is 0 Å². The first kappa shape index (κ1) is 51.7. The van der Waals surface area contributed by atoms with Gasteiger partial charge in [0.25, 0.3) is 0 Å². The van der Waals surface area contributed by atoms with Gasteiger partial charge in [-0.25, -0.2) is 0 Å². The van der Waals surface area contributed by atoms with Crippen LogP contribution in [0.5, 0.6) is 0 Å². The van der Waals surface area contributed by atoms with Gasteiger partial charge in [-0.15, -0.1) is 0 Å². The summed E-state index contributed by atoms with van der Waals surface area (Å²) in [4.78, 5) is 24.7. The van der Waals surface area contributed by atoms with Gasteiger partial charge in [0.15, 0.2) is 25.2 Å². The number of aliphatic hydroxyl groups is 15. The number of hydrogen-bond acceptors (Lipinski definition) is 25. The van der Waals surface area contributed by atoms with Crippen molar-refractivity contribution in [3.8, 4) is 0 Å². The van der Waals surface area contributed by atoms with Crippen molar-refractivity contribution in [1.29, 1.82) is 0 Å². The molecule has 24 atom stereocenters. The Labute approximate surface area is 347 Å². The van der Waals surface area contributed by atoms with E-state index in [2.05, 4.69) is 10.6 Å². The van der Waals surface area contributed by atoms with Gasteiger partial charge in [0, 0.05) is 13.8 Å². The molecule has 0 aromatic rings. The van der Waals surface area contributed by atoms with Crippen LogP contribution in [0.2, 0.25) is 0 Å². The third-order valence-corrected chi connectivity index (χ3v) is 10.7. The van der Waals surface area contributed by atoms with Gasteiger partial charge >= 0.3 is 0 Å². The van der Waals surface area contributed by atoms with Crippen LogP contribution in [0.3, 0.4) is 0 Å². The summed E-state index contributed by atoms with van der Waals surface area (Å²) < 4.78 is 45.4. The lowest BCUT2D eigenvalue weighted by molar-refractivity contribution is -0.365. The van der Waals surface area contributed by atoms with Crippen LogP contribution in [0.4, 0.5) is 0 Å². The molecule has 0 spiro atoms. The average Bonchev–Trinajstić information content (AvgIpc) is 3.22. The zero-order chi connectivity index (χ0) is 45.6. The lowest BCUT2D eigenvalue weighted by Crippen LogP contribution is -2.69. The highest BCUT2D eigenvalue weighted by Crippen LogP contribution is 2.33. The number of carbonyl (C=O) groups is 2. The van der Waals surface area contributed by atoms with E-state index >= 15 is 0 Å². The maximum Gasteiger partial charge on any atom is 0.217 e. The van der Waals surface area contributed by atoms with Crippen LogP contribution in [0.1, 0.15) is 20.8 Å². The van der Waals surface area contributed by atoms with Crippen LogP contribution in [-0.4, -0.2) is 269 Å². The van der Waals surface area contributed by atoms with Gasteiger partial charge in [0.05, 0.1) is 45.2 Å². The molecule has 27 heteroatoms. The van der Waals surface area contributed by atoms with E-state index in [0.29, 0.717) is 0 Å². The Hall–Kier alpha value is -1.98. The summed E-state index contributed by atoms with van der Waals surface area (Å²) in [6, 6.07) is -3.32. The van der Waals surface area contributed by atoms with Crippen LogP contribution in [0, 0.1) is 0 Å². The van der Waals surface area contributed by atoms with Gasteiger partial charge in [-0.1, -0.05) is 0 Å². The molecule has 0 saturated carbocycles. The molecule has 0 bridgehead atoms. The van der Waals surface area contributed by atoms with Crippen molar-refractivity contribution >= 4 is 11.8 Å². The van der Waals surface area contributed by atoms with Crippen LogP contribution < -0.4 is 10.6 Å². The van der Waals surface area contributed by atoms with E-state index in [9.17, 15) is 86.2 Å². The Kier molecular flexibility index (Phi) is 19.3. The molecule has 61 heavy (non-hydrogen) atoms. The van der Waals surface area contributed by atoms with Crippen LogP contribution in [-0.2, 0) is 47.5 Å². The summed E-state index contributed by atoms with van der Waals surface area (Å²) in [7, 11) is 0. The minimum absolute atomic E-state index is 0.752. The first-order chi connectivity index (χ1) is 28.7. The average molecular weight is 897 g/mol. The molecule has 27 nitrogen and oxygen atoms in total. The summed E-state index contributed by atoms with van der Waals surface area (Å²) in [5.74, 6) is -1.59. The molecule has 0 aliphatic carbocycles. The van der Waals surface area contributed by atoms with Crippen LogP contribution in [0.25, 0.3) is 0 Å². The van der Waals surface area contributed by atoms with E-state index in [-0.39, 0.29) is 0 Å². The molecule has 4 heterocycles. The molecule has 4 aliphatic heterocycles. The molecule has 4 fully saturated rings. The predicted octanol–water partition coefficient (Wildman–Crippen LogP) is -11.0. The number of rotatable bonds is 18. The normalized spacial score (nSPS) is 44.1. The maximum atomic E-state index is 12.5. The first-order valence-corrected chi connectivity index (χ1v) is 19.4. The lowest BCUT2D eigenvalue weighted by atomic mass is 9.94. The summed E-state index contributed by atoms with van der Waals surface area (Å²) in [6.45, 7) is -1.25. The Balaban J connectivity index is 1.60. The smallest absolute Gasteiger partial charge is 0.217 e. The highest BCUT2D eigenvalue weighted by Gasteiger charge is 2.54. The second kappa shape index (κ2) is 22.8. The molecule has 356 valence electrons.